The van der Waals surface area contributed by atoms with Crippen LogP contribution in [0.25, 0.3) is 11.3 Å². The van der Waals surface area contributed by atoms with E-state index in [0.717, 1.165) is 43.0 Å². The predicted molar refractivity (Wildman–Crippen MR) is 110 cm³/mol. The lowest BCUT2D eigenvalue weighted by atomic mass is 9.89. The molecule has 1 fully saturated rings. The number of carbonyl (C=O) groups is 1. The van der Waals surface area contributed by atoms with E-state index in [0.29, 0.717) is 5.92 Å². The Bertz CT molecular complexity index is 938. The molecule has 6 heteroatoms. The van der Waals surface area contributed by atoms with E-state index in [1.807, 2.05) is 36.4 Å². The summed E-state index contributed by atoms with van der Waals surface area (Å²) < 4.78 is 0. The highest BCUT2D eigenvalue weighted by atomic mass is 16.2. The minimum Gasteiger partial charge on any atom is -0.356 e. The first-order valence-electron chi connectivity index (χ1n) is 9.50. The zero-order chi connectivity index (χ0) is 19.3. The van der Waals surface area contributed by atoms with Gasteiger partial charge in [-0.3, -0.25) is 10.2 Å². The highest BCUT2D eigenvalue weighted by Crippen LogP contribution is 2.31. The topological polar surface area (TPSA) is 84.1 Å². The van der Waals surface area contributed by atoms with Crippen molar-refractivity contribution in [2.24, 2.45) is 5.84 Å². The molecule has 6 nitrogen and oxygen atoms in total. The van der Waals surface area contributed by atoms with E-state index >= 15 is 0 Å². The van der Waals surface area contributed by atoms with Crippen molar-refractivity contribution in [2.75, 3.05) is 18.0 Å². The van der Waals surface area contributed by atoms with E-state index in [9.17, 15) is 4.79 Å². The number of nitrogens with two attached hydrogens (primary N) is 1. The van der Waals surface area contributed by atoms with Crippen LogP contribution < -0.4 is 16.2 Å². The summed E-state index contributed by atoms with van der Waals surface area (Å²) in [6.45, 7) is 1.77. The van der Waals surface area contributed by atoms with Crippen LogP contribution in [-0.4, -0.2) is 29.0 Å². The Morgan fingerprint density at radius 1 is 0.964 bits per heavy atom. The van der Waals surface area contributed by atoms with Gasteiger partial charge in [0.2, 0.25) is 5.82 Å². The number of amides is 1. The molecule has 142 valence electrons. The molecule has 1 saturated heterocycles. The van der Waals surface area contributed by atoms with Crippen LogP contribution in [0.2, 0.25) is 0 Å². The number of hydrogen-bond acceptors (Lipinski definition) is 5. The second-order valence-electron chi connectivity index (χ2n) is 6.95. The fourth-order valence-electron chi connectivity index (χ4n) is 3.69. The van der Waals surface area contributed by atoms with Gasteiger partial charge in [0.1, 0.15) is 5.82 Å². The molecule has 1 aliphatic heterocycles. The number of anilines is 1. The van der Waals surface area contributed by atoms with Crippen molar-refractivity contribution in [3.63, 3.8) is 0 Å². The Labute approximate surface area is 164 Å². The summed E-state index contributed by atoms with van der Waals surface area (Å²) in [5.74, 6) is 6.23. The number of hydrogen-bond donors (Lipinski definition) is 2. The first-order valence-corrected chi connectivity index (χ1v) is 9.50. The molecule has 28 heavy (non-hydrogen) atoms. The van der Waals surface area contributed by atoms with E-state index in [1.54, 1.807) is 0 Å². The van der Waals surface area contributed by atoms with Crippen LogP contribution in [0.1, 0.15) is 34.9 Å². The summed E-state index contributed by atoms with van der Waals surface area (Å²) in [6, 6.07) is 22.4. The lowest BCUT2D eigenvalue weighted by molar-refractivity contribution is 0.0943. The fraction of sp³-hybridized carbons (Fsp3) is 0.227. The van der Waals surface area contributed by atoms with Gasteiger partial charge in [-0.15, -0.1) is 0 Å². The molecule has 0 radical (unpaired) electrons. The van der Waals surface area contributed by atoms with E-state index in [-0.39, 0.29) is 5.82 Å². The quantitative estimate of drug-likeness (QED) is 0.417. The number of nitrogens with one attached hydrogen (secondary N) is 1. The Balaban J connectivity index is 1.60. The van der Waals surface area contributed by atoms with Crippen molar-refractivity contribution in [3.8, 4) is 11.3 Å². The van der Waals surface area contributed by atoms with Crippen molar-refractivity contribution in [1.29, 1.82) is 0 Å². The minimum atomic E-state index is -0.488. The second kappa shape index (κ2) is 8.19. The molecule has 0 aliphatic carbocycles. The molecule has 1 aliphatic rings. The molecule has 4 rings (SSSR count). The molecule has 0 unspecified atom stereocenters. The van der Waals surface area contributed by atoms with Crippen LogP contribution in [0.4, 0.5) is 5.82 Å². The van der Waals surface area contributed by atoms with Crippen molar-refractivity contribution in [2.45, 2.75) is 18.8 Å². The molecule has 3 N–H and O–H groups in total. The van der Waals surface area contributed by atoms with Gasteiger partial charge in [-0.05, 0) is 24.3 Å². The van der Waals surface area contributed by atoms with Crippen molar-refractivity contribution < 1.29 is 4.79 Å². The van der Waals surface area contributed by atoms with Crippen LogP contribution in [0.15, 0.2) is 66.7 Å². The maximum atomic E-state index is 12.1. The molecule has 3 aromatic rings. The highest BCUT2D eigenvalue weighted by Gasteiger charge is 2.23. The number of hydrazine groups is 1. The lowest BCUT2D eigenvalue weighted by Gasteiger charge is -2.33. The summed E-state index contributed by atoms with van der Waals surface area (Å²) in [5, 5.41) is 0. The summed E-state index contributed by atoms with van der Waals surface area (Å²) in [4.78, 5) is 23.2. The molecule has 0 atom stereocenters. The Morgan fingerprint density at radius 3 is 2.25 bits per heavy atom. The largest absolute Gasteiger partial charge is 0.356 e. The molecule has 2 aromatic carbocycles. The fourth-order valence-corrected chi connectivity index (χ4v) is 3.69. The van der Waals surface area contributed by atoms with Gasteiger partial charge in [-0.2, -0.15) is 0 Å². The number of piperidine rings is 1. The van der Waals surface area contributed by atoms with E-state index in [1.165, 1.54) is 5.56 Å². The Hall–Kier alpha value is -3.25. The predicted octanol–water partition coefficient (Wildman–Crippen LogP) is 3.13. The molecule has 1 aromatic heterocycles. The van der Waals surface area contributed by atoms with Crippen LogP contribution in [-0.2, 0) is 0 Å². The molecule has 0 spiro atoms. The van der Waals surface area contributed by atoms with Crippen LogP contribution in [0, 0.1) is 0 Å². The smallest absolute Gasteiger partial charge is 0.303 e. The van der Waals surface area contributed by atoms with Gasteiger partial charge in [0, 0.05) is 24.7 Å². The normalized spacial score (nSPS) is 14.7. The SMILES string of the molecule is NNC(=O)c1nc(-c2ccccc2)cc(N2CCC(c3ccccc3)CC2)n1. The maximum Gasteiger partial charge on any atom is 0.303 e. The third kappa shape index (κ3) is 3.87. The van der Waals surface area contributed by atoms with Crippen LogP contribution in [0.5, 0.6) is 0 Å². The van der Waals surface area contributed by atoms with Gasteiger partial charge in [0.15, 0.2) is 0 Å². The zero-order valence-electron chi connectivity index (χ0n) is 15.6. The van der Waals surface area contributed by atoms with Gasteiger partial charge >= 0.3 is 5.91 Å². The molecule has 0 bridgehead atoms. The third-order valence-electron chi connectivity index (χ3n) is 5.21. The standard InChI is InChI=1S/C22H23N5O/c23-26-22(28)21-24-19(18-9-5-2-6-10-18)15-20(25-21)27-13-11-17(12-14-27)16-7-3-1-4-8-16/h1-10,15,17H,11-14,23H2,(H,26,28). The first kappa shape index (κ1) is 18.1. The van der Waals surface area contributed by atoms with Crippen LogP contribution in [0.3, 0.4) is 0 Å². The van der Waals surface area contributed by atoms with Crippen LogP contribution >= 0.6 is 0 Å². The Morgan fingerprint density at radius 2 is 1.61 bits per heavy atom. The third-order valence-corrected chi connectivity index (χ3v) is 5.21. The summed E-state index contributed by atoms with van der Waals surface area (Å²) in [7, 11) is 0. The number of nitrogens with zero attached hydrogens (tertiary/aromatic N) is 3. The Kier molecular flexibility index (Phi) is 5.30. The van der Waals surface area contributed by atoms with Crippen molar-refractivity contribution in [1.82, 2.24) is 15.4 Å². The number of nitrogen functional groups attached to an aromatic ring is 1. The zero-order valence-corrected chi connectivity index (χ0v) is 15.6. The summed E-state index contributed by atoms with van der Waals surface area (Å²) in [6.07, 6.45) is 2.10. The number of carbonyl (C=O) groups excluding carboxylic acids is 1. The first-order chi connectivity index (χ1) is 13.7. The average Bonchev–Trinajstić information content (AvgIpc) is 2.79. The van der Waals surface area contributed by atoms with Gasteiger partial charge in [-0.25, -0.2) is 15.8 Å². The minimum absolute atomic E-state index is 0.0871. The highest BCUT2D eigenvalue weighted by molar-refractivity contribution is 5.91. The average molecular weight is 373 g/mol. The van der Waals surface area contributed by atoms with E-state index < -0.39 is 5.91 Å². The number of aromatic nitrogens is 2. The monoisotopic (exact) mass is 373 g/mol. The lowest BCUT2D eigenvalue weighted by Crippen LogP contribution is -2.35. The number of benzene rings is 2. The van der Waals surface area contributed by atoms with E-state index in [2.05, 4.69) is 50.6 Å². The van der Waals surface area contributed by atoms with Crippen molar-refractivity contribution in [3.05, 3.63) is 78.1 Å². The van der Waals surface area contributed by atoms with E-state index in [4.69, 9.17) is 5.84 Å². The van der Waals surface area contributed by atoms with Gasteiger partial charge in [0.25, 0.3) is 0 Å². The summed E-state index contributed by atoms with van der Waals surface area (Å²) in [5.41, 5.74) is 5.18. The van der Waals surface area contributed by atoms with Crippen molar-refractivity contribution >= 4 is 11.7 Å². The molecule has 2 heterocycles. The maximum absolute atomic E-state index is 12.1. The van der Waals surface area contributed by atoms with Gasteiger partial charge in [-0.1, -0.05) is 60.7 Å². The molecule has 0 saturated carbocycles. The second-order valence-corrected chi connectivity index (χ2v) is 6.95. The number of rotatable bonds is 4. The summed E-state index contributed by atoms with van der Waals surface area (Å²) >= 11 is 0. The molecular weight excluding hydrogens is 350 g/mol. The molecular formula is C22H23N5O. The van der Waals surface area contributed by atoms with Gasteiger partial charge in [0.05, 0.1) is 5.69 Å². The van der Waals surface area contributed by atoms with Gasteiger partial charge < -0.3 is 4.90 Å². The molecule has 1 amide bonds.